The van der Waals surface area contributed by atoms with Crippen LogP contribution in [-0.4, -0.2) is 25.2 Å². The number of hydrogen-bond donors (Lipinski definition) is 2. The fourth-order valence-corrected chi connectivity index (χ4v) is 3.70. The molecule has 176 valence electrons. The van der Waals surface area contributed by atoms with Crippen molar-refractivity contribution in [2.45, 2.75) is 40.3 Å². The van der Waals surface area contributed by atoms with Crippen LogP contribution in [0.15, 0.2) is 53.7 Å². The Morgan fingerprint density at radius 1 is 1.15 bits per heavy atom. The number of ether oxygens (including phenoxy) is 3. The maximum absolute atomic E-state index is 13.1. The first kappa shape index (κ1) is 24.5. The van der Waals surface area contributed by atoms with E-state index in [0.717, 1.165) is 5.56 Å². The monoisotopic (exact) mass is 472 g/mol. The van der Waals surface area contributed by atoms with Crippen molar-refractivity contribution in [3.63, 3.8) is 0 Å². The highest BCUT2D eigenvalue weighted by atomic mass is 35.5. The van der Waals surface area contributed by atoms with Gasteiger partial charge >= 0.3 is 12.0 Å². The van der Waals surface area contributed by atoms with Crippen molar-refractivity contribution in [2.75, 3.05) is 13.2 Å². The van der Waals surface area contributed by atoms with Crippen molar-refractivity contribution >= 4 is 23.6 Å². The Morgan fingerprint density at radius 3 is 2.55 bits per heavy atom. The van der Waals surface area contributed by atoms with Gasteiger partial charge in [0.1, 0.15) is 6.61 Å². The third-order valence-corrected chi connectivity index (χ3v) is 5.21. The van der Waals surface area contributed by atoms with Gasteiger partial charge in [0.2, 0.25) is 0 Å². The van der Waals surface area contributed by atoms with Gasteiger partial charge < -0.3 is 24.8 Å². The molecule has 0 spiro atoms. The Labute approximate surface area is 199 Å². The van der Waals surface area contributed by atoms with E-state index in [0.29, 0.717) is 52.5 Å². The van der Waals surface area contributed by atoms with Gasteiger partial charge in [0.25, 0.3) is 0 Å². The van der Waals surface area contributed by atoms with Crippen LogP contribution in [0.5, 0.6) is 11.5 Å². The molecule has 1 aliphatic rings. The van der Waals surface area contributed by atoms with E-state index in [1.807, 2.05) is 51.1 Å². The molecule has 8 heteroatoms. The molecule has 33 heavy (non-hydrogen) atoms. The molecule has 0 saturated carbocycles. The van der Waals surface area contributed by atoms with Crippen LogP contribution in [0.2, 0.25) is 5.02 Å². The van der Waals surface area contributed by atoms with E-state index in [1.54, 1.807) is 19.1 Å². The predicted octanol–water partition coefficient (Wildman–Crippen LogP) is 5.14. The van der Waals surface area contributed by atoms with Crippen molar-refractivity contribution in [1.29, 1.82) is 0 Å². The first-order valence-electron chi connectivity index (χ1n) is 10.9. The van der Waals surface area contributed by atoms with Crippen LogP contribution in [0.3, 0.4) is 0 Å². The number of nitrogens with one attached hydrogen (secondary N) is 2. The van der Waals surface area contributed by atoms with E-state index >= 15 is 0 Å². The largest absolute Gasteiger partial charge is 0.490 e. The lowest BCUT2D eigenvalue weighted by Crippen LogP contribution is -2.45. The minimum absolute atomic E-state index is 0.115. The molecule has 0 radical (unpaired) electrons. The Hall–Kier alpha value is -3.19. The number of halogens is 1. The van der Waals surface area contributed by atoms with Gasteiger partial charge in [-0.05, 0) is 43.0 Å². The zero-order valence-corrected chi connectivity index (χ0v) is 20.0. The molecular formula is C25H29ClN2O5. The van der Waals surface area contributed by atoms with Gasteiger partial charge in [0.15, 0.2) is 11.5 Å². The molecular weight excluding hydrogens is 444 g/mol. The van der Waals surface area contributed by atoms with E-state index in [4.69, 9.17) is 25.8 Å². The summed E-state index contributed by atoms with van der Waals surface area (Å²) < 4.78 is 17.2. The summed E-state index contributed by atoms with van der Waals surface area (Å²) in [6.45, 7) is 8.58. The third kappa shape index (κ3) is 6.20. The molecule has 2 aromatic rings. The number of allylic oxidation sites excluding steroid dienone is 1. The molecule has 2 amide bonds. The van der Waals surface area contributed by atoms with Crippen LogP contribution in [0.1, 0.15) is 44.9 Å². The summed E-state index contributed by atoms with van der Waals surface area (Å²) in [6.07, 6.45) is 0. The highest BCUT2D eigenvalue weighted by molar-refractivity contribution is 6.32. The zero-order chi connectivity index (χ0) is 24.0. The maximum Gasteiger partial charge on any atom is 0.338 e. The highest BCUT2D eigenvalue weighted by Crippen LogP contribution is 2.40. The van der Waals surface area contributed by atoms with Crippen LogP contribution in [0, 0.1) is 5.92 Å². The molecule has 1 aliphatic heterocycles. The first-order valence-corrected chi connectivity index (χ1v) is 11.3. The number of carbonyl (C=O) groups excluding carboxylic acids is 2. The minimum atomic E-state index is -0.766. The second-order valence-corrected chi connectivity index (χ2v) is 8.51. The Balaban J connectivity index is 1.93. The molecule has 2 N–H and O–H groups in total. The molecule has 3 rings (SSSR count). The summed E-state index contributed by atoms with van der Waals surface area (Å²) >= 11 is 6.55. The van der Waals surface area contributed by atoms with Crippen molar-refractivity contribution < 1.29 is 23.8 Å². The van der Waals surface area contributed by atoms with Crippen molar-refractivity contribution in [3.05, 3.63) is 69.9 Å². The average Bonchev–Trinajstić information content (AvgIpc) is 2.77. The number of carbonyl (C=O) groups is 2. The third-order valence-electron chi connectivity index (χ3n) is 4.93. The zero-order valence-electron chi connectivity index (χ0n) is 19.2. The number of benzene rings is 2. The lowest BCUT2D eigenvalue weighted by Gasteiger charge is -2.29. The van der Waals surface area contributed by atoms with E-state index in [2.05, 4.69) is 10.6 Å². The maximum atomic E-state index is 13.1. The molecule has 0 aromatic heterocycles. The van der Waals surface area contributed by atoms with Crippen LogP contribution in [0.4, 0.5) is 4.79 Å². The van der Waals surface area contributed by atoms with Gasteiger partial charge in [-0.3, -0.25) is 0 Å². The molecule has 0 bridgehead atoms. The van der Waals surface area contributed by atoms with Gasteiger partial charge in [-0.15, -0.1) is 0 Å². The molecule has 0 fully saturated rings. The lowest BCUT2D eigenvalue weighted by atomic mass is 9.95. The SMILES string of the molecule is CCOc1cc(C2NC(=O)NC(C)=C2C(=O)OCc2ccccc2)cc(Cl)c1OCC(C)C. The summed E-state index contributed by atoms with van der Waals surface area (Å²) in [5, 5.41) is 5.77. The molecule has 7 nitrogen and oxygen atoms in total. The molecule has 1 atom stereocenters. The summed E-state index contributed by atoms with van der Waals surface area (Å²) in [5.41, 5.74) is 2.15. The van der Waals surface area contributed by atoms with Crippen molar-refractivity contribution in [2.24, 2.45) is 5.92 Å². The van der Waals surface area contributed by atoms with Gasteiger partial charge in [0.05, 0.1) is 29.9 Å². The van der Waals surface area contributed by atoms with Crippen LogP contribution in [0.25, 0.3) is 0 Å². The summed E-state index contributed by atoms with van der Waals surface area (Å²) in [5.74, 6) is 0.645. The second kappa shape index (κ2) is 11.1. The Bertz CT molecular complexity index is 1040. The topological polar surface area (TPSA) is 85.9 Å². The predicted molar refractivity (Wildman–Crippen MR) is 126 cm³/mol. The normalized spacial score (nSPS) is 15.7. The fraction of sp³-hybridized carbons (Fsp3) is 0.360. The summed E-state index contributed by atoms with van der Waals surface area (Å²) in [6, 6.07) is 11.6. The van der Waals surface area contributed by atoms with E-state index in [1.165, 1.54) is 0 Å². The Kier molecular flexibility index (Phi) is 8.22. The van der Waals surface area contributed by atoms with Gasteiger partial charge in [-0.2, -0.15) is 0 Å². The van der Waals surface area contributed by atoms with Crippen molar-refractivity contribution in [1.82, 2.24) is 10.6 Å². The van der Waals surface area contributed by atoms with Gasteiger partial charge in [-0.1, -0.05) is 55.8 Å². The fourth-order valence-electron chi connectivity index (χ4n) is 3.42. The Morgan fingerprint density at radius 2 is 1.88 bits per heavy atom. The van der Waals surface area contributed by atoms with E-state index in [-0.39, 0.29) is 6.61 Å². The van der Waals surface area contributed by atoms with Crippen LogP contribution < -0.4 is 20.1 Å². The molecule has 0 saturated heterocycles. The highest BCUT2D eigenvalue weighted by Gasteiger charge is 2.33. The van der Waals surface area contributed by atoms with E-state index < -0.39 is 18.0 Å². The number of esters is 1. The number of amides is 2. The van der Waals surface area contributed by atoms with Crippen LogP contribution in [-0.2, 0) is 16.1 Å². The van der Waals surface area contributed by atoms with Gasteiger partial charge in [0, 0.05) is 5.70 Å². The second-order valence-electron chi connectivity index (χ2n) is 8.10. The molecule has 1 heterocycles. The average molecular weight is 473 g/mol. The van der Waals surface area contributed by atoms with Crippen molar-refractivity contribution in [3.8, 4) is 11.5 Å². The summed E-state index contributed by atoms with van der Waals surface area (Å²) in [7, 11) is 0. The minimum Gasteiger partial charge on any atom is -0.490 e. The molecule has 1 unspecified atom stereocenters. The van der Waals surface area contributed by atoms with Gasteiger partial charge in [-0.25, -0.2) is 9.59 Å². The smallest absolute Gasteiger partial charge is 0.338 e. The first-order chi connectivity index (χ1) is 15.8. The quantitative estimate of drug-likeness (QED) is 0.493. The number of urea groups is 1. The molecule has 2 aromatic carbocycles. The standard InChI is InChI=1S/C25H29ClN2O5/c1-5-31-20-12-18(11-19(26)23(20)32-13-15(2)3)22-21(16(4)27-25(30)28-22)24(29)33-14-17-9-7-6-8-10-17/h6-12,15,22H,5,13-14H2,1-4H3,(H2,27,28,30). The molecule has 0 aliphatic carbocycles. The number of rotatable bonds is 9. The van der Waals surface area contributed by atoms with Crippen LogP contribution >= 0.6 is 11.6 Å². The lowest BCUT2D eigenvalue weighted by molar-refractivity contribution is -0.140. The summed E-state index contributed by atoms with van der Waals surface area (Å²) in [4.78, 5) is 25.3. The number of hydrogen-bond acceptors (Lipinski definition) is 5. The van der Waals surface area contributed by atoms with E-state index in [9.17, 15) is 9.59 Å².